The van der Waals surface area contributed by atoms with Gasteiger partial charge < -0.3 is 4.57 Å². The highest BCUT2D eigenvalue weighted by molar-refractivity contribution is 5.77. The highest BCUT2D eigenvalue weighted by Gasteiger charge is 2.23. The van der Waals surface area contributed by atoms with Crippen molar-refractivity contribution in [1.29, 1.82) is 0 Å². The summed E-state index contributed by atoms with van der Waals surface area (Å²) in [4.78, 5) is 32.6. The summed E-state index contributed by atoms with van der Waals surface area (Å²) < 4.78 is 5.37. The Balaban J connectivity index is 2.31. The number of rotatable bonds is 9. The lowest BCUT2D eigenvalue weighted by atomic mass is 10.1. The first kappa shape index (κ1) is 21.1. The van der Waals surface area contributed by atoms with Gasteiger partial charge in [0.25, 0.3) is 5.56 Å². The Kier molecular flexibility index (Phi) is 6.39. The van der Waals surface area contributed by atoms with E-state index in [1.807, 2.05) is 17.8 Å². The molecule has 0 aromatic carbocycles. The molecule has 3 heterocycles. The summed E-state index contributed by atoms with van der Waals surface area (Å²) in [6, 6.07) is 0. The predicted octanol–water partition coefficient (Wildman–Crippen LogP) is 3.40. The summed E-state index contributed by atoms with van der Waals surface area (Å²) in [6.45, 7) is 9.65. The van der Waals surface area contributed by atoms with E-state index < -0.39 is 5.69 Å². The Labute approximate surface area is 170 Å². The molecule has 0 fully saturated rings. The average molecular weight is 401 g/mol. The fourth-order valence-corrected chi connectivity index (χ4v) is 3.74. The molecule has 0 amide bonds. The molecule has 0 spiro atoms. The van der Waals surface area contributed by atoms with Crippen molar-refractivity contribution in [3.8, 4) is 11.4 Å². The van der Waals surface area contributed by atoms with Crippen LogP contribution in [0.1, 0.15) is 71.4 Å². The van der Waals surface area contributed by atoms with Crippen molar-refractivity contribution in [2.45, 2.75) is 78.8 Å². The Hall–Kier alpha value is -2.64. The van der Waals surface area contributed by atoms with Crippen LogP contribution in [0, 0.1) is 0 Å². The molecule has 158 valence electrons. The third-order valence-corrected chi connectivity index (χ3v) is 5.25. The highest BCUT2D eigenvalue weighted by atomic mass is 16.2. The Morgan fingerprint density at radius 2 is 1.72 bits per heavy atom. The highest BCUT2D eigenvalue weighted by Crippen LogP contribution is 2.29. The van der Waals surface area contributed by atoms with Crippen molar-refractivity contribution in [2.75, 3.05) is 0 Å². The summed E-state index contributed by atoms with van der Waals surface area (Å²) in [5.41, 5.74) is 2.05. The zero-order valence-electron chi connectivity index (χ0n) is 18.2. The first-order valence-electron chi connectivity index (χ1n) is 10.7. The lowest BCUT2D eigenvalue weighted by Gasteiger charge is -2.10. The van der Waals surface area contributed by atoms with Gasteiger partial charge >= 0.3 is 5.69 Å². The van der Waals surface area contributed by atoms with Gasteiger partial charge in [0.15, 0.2) is 11.2 Å². The number of nitrogens with zero attached hydrogens (tertiary/aromatic N) is 5. The molecular formula is C21H32N6O2. The number of aryl methyl sites for hydroxylation is 3. The monoisotopic (exact) mass is 400 g/mol. The fraction of sp³-hybridized carbons (Fsp3) is 0.619. The van der Waals surface area contributed by atoms with E-state index >= 15 is 0 Å². The lowest BCUT2D eigenvalue weighted by Crippen LogP contribution is -2.31. The largest absolute Gasteiger partial charge is 0.330 e. The van der Waals surface area contributed by atoms with Gasteiger partial charge in [-0.3, -0.25) is 19.0 Å². The molecule has 0 saturated carbocycles. The van der Waals surface area contributed by atoms with E-state index in [-0.39, 0.29) is 11.5 Å². The molecule has 0 unspecified atom stereocenters. The van der Waals surface area contributed by atoms with Crippen LogP contribution in [0.15, 0.2) is 15.8 Å². The number of fused-ring (bicyclic) bond motifs is 1. The topological polar surface area (TPSA) is 90.5 Å². The quantitative estimate of drug-likeness (QED) is 0.557. The SMILES string of the molecule is CCCCCn1c(-c2cn(C)nc2C(C)C)nc2c1c(=O)[nH]c(=O)n2CCCC. The van der Waals surface area contributed by atoms with Crippen LogP contribution in [-0.4, -0.2) is 28.9 Å². The lowest BCUT2D eigenvalue weighted by molar-refractivity contribution is 0.606. The first-order valence-corrected chi connectivity index (χ1v) is 10.7. The van der Waals surface area contributed by atoms with Crippen LogP contribution in [0.5, 0.6) is 0 Å². The Bertz CT molecular complexity index is 1100. The second-order valence-electron chi connectivity index (χ2n) is 7.99. The van der Waals surface area contributed by atoms with E-state index in [0.29, 0.717) is 30.1 Å². The minimum atomic E-state index is -0.393. The summed E-state index contributed by atoms with van der Waals surface area (Å²) >= 11 is 0. The van der Waals surface area contributed by atoms with Crippen molar-refractivity contribution in [2.24, 2.45) is 7.05 Å². The Morgan fingerprint density at radius 1 is 1.03 bits per heavy atom. The number of H-pyrrole nitrogens is 1. The van der Waals surface area contributed by atoms with Crippen molar-refractivity contribution < 1.29 is 0 Å². The van der Waals surface area contributed by atoms with Crippen molar-refractivity contribution in [3.63, 3.8) is 0 Å². The summed E-state index contributed by atoms with van der Waals surface area (Å²) in [5, 5.41) is 4.62. The molecule has 8 nitrogen and oxygen atoms in total. The van der Waals surface area contributed by atoms with Gasteiger partial charge in [-0.2, -0.15) is 5.10 Å². The maximum Gasteiger partial charge on any atom is 0.330 e. The number of aromatic amines is 1. The van der Waals surface area contributed by atoms with Gasteiger partial charge in [0, 0.05) is 26.3 Å². The molecule has 3 rings (SSSR count). The maximum absolute atomic E-state index is 12.8. The number of unbranched alkanes of at least 4 members (excludes halogenated alkanes) is 3. The van der Waals surface area contributed by atoms with Crippen LogP contribution in [0.4, 0.5) is 0 Å². The number of hydrogen-bond acceptors (Lipinski definition) is 4. The standard InChI is InChI=1S/C21H32N6O2/c1-6-8-10-12-26-17-19(27(11-9-7-2)21(29)23-20(17)28)22-18(26)15-13-25(5)24-16(15)14(3)4/h13-14H,6-12H2,1-5H3,(H,23,28,29). The van der Waals surface area contributed by atoms with E-state index in [4.69, 9.17) is 4.98 Å². The predicted molar refractivity (Wildman–Crippen MR) is 115 cm³/mol. The third kappa shape index (κ3) is 4.06. The van der Waals surface area contributed by atoms with Gasteiger partial charge in [-0.05, 0) is 18.8 Å². The molecule has 0 saturated heterocycles. The molecule has 3 aromatic rings. The molecule has 1 N–H and O–H groups in total. The van der Waals surface area contributed by atoms with Crippen LogP contribution in [0.25, 0.3) is 22.6 Å². The molecule has 0 radical (unpaired) electrons. The minimum Gasteiger partial charge on any atom is -0.318 e. The molecular weight excluding hydrogens is 368 g/mol. The van der Waals surface area contributed by atoms with E-state index in [9.17, 15) is 9.59 Å². The van der Waals surface area contributed by atoms with Gasteiger partial charge in [0.05, 0.1) is 11.3 Å². The summed E-state index contributed by atoms with van der Waals surface area (Å²) in [6.07, 6.45) is 6.86. The molecule has 3 aromatic heterocycles. The van der Waals surface area contributed by atoms with Crippen LogP contribution in [-0.2, 0) is 20.1 Å². The van der Waals surface area contributed by atoms with Crippen LogP contribution >= 0.6 is 0 Å². The number of nitrogens with one attached hydrogen (secondary N) is 1. The maximum atomic E-state index is 12.8. The number of hydrogen-bond donors (Lipinski definition) is 1. The molecule has 0 aliphatic carbocycles. The normalized spacial score (nSPS) is 11.8. The fourth-order valence-electron chi connectivity index (χ4n) is 3.74. The van der Waals surface area contributed by atoms with E-state index in [2.05, 4.69) is 37.8 Å². The number of imidazole rings is 1. The second kappa shape index (κ2) is 8.80. The van der Waals surface area contributed by atoms with Crippen molar-refractivity contribution >= 4 is 11.2 Å². The van der Waals surface area contributed by atoms with Crippen molar-refractivity contribution in [3.05, 3.63) is 32.7 Å². The van der Waals surface area contributed by atoms with E-state index in [1.54, 1.807) is 9.25 Å². The second-order valence-corrected chi connectivity index (χ2v) is 7.99. The van der Waals surface area contributed by atoms with Crippen LogP contribution in [0.2, 0.25) is 0 Å². The first-order chi connectivity index (χ1) is 13.9. The van der Waals surface area contributed by atoms with Crippen LogP contribution in [0.3, 0.4) is 0 Å². The zero-order valence-corrected chi connectivity index (χ0v) is 18.2. The molecule has 0 aliphatic rings. The van der Waals surface area contributed by atoms with E-state index in [0.717, 1.165) is 43.4 Å². The third-order valence-electron chi connectivity index (χ3n) is 5.25. The zero-order chi connectivity index (χ0) is 21.1. The molecule has 29 heavy (non-hydrogen) atoms. The molecule has 0 aliphatic heterocycles. The summed E-state index contributed by atoms with van der Waals surface area (Å²) in [7, 11) is 1.89. The Morgan fingerprint density at radius 3 is 2.38 bits per heavy atom. The van der Waals surface area contributed by atoms with Crippen LogP contribution < -0.4 is 11.2 Å². The van der Waals surface area contributed by atoms with E-state index in [1.165, 1.54) is 0 Å². The molecule has 0 bridgehead atoms. The van der Waals surface area contributed by atoms with Gasteiger partial charge in [-0.1, -0.05) is 47.0 Å². The summed E-state index contributed by atoms with van der Waals surface area (Å²) in [5.74, 6) is 0.935. The van der Waals surface area contributed by atoms with Gasteiger partial charge in [-0.25, -0.2) is 9.78 Å². The molecule has 0 atom stereocenters. The van der Waals surface area contributed by atoms with Gasteiger partial charge in [0.2, 0.25) is 0 Å². The average Bonchev–Trinajstić information content (AvgIpc) is 3.23. The number of aromatic nitrogens is 6. The molecule has 8 heteroatoms. The smallest absolute Gasteiger partial charge is 0.318 e. The van der Waals surface area contributed by atoms with Crippen molar-refractivity contribution in [1.82, 2.24) is 28.9 Å². The van der Waals surface area contributed by atoms with Gasteiger partial charge in [-0.15, -0.1) is 0 Å². The van der Waals surface area contributed by atoms with Gasteiger partial charge in [0.1, 0.15) is 5.82 Å². The minimum absolute atomic E-state index is 0.218.